The number of fused-ring (bicyclic) bond motifs is 1. The molecule has 1 aromatic carbocycles. The highest BCUT2D eigenvalue weighted by atomic mass is 16.5. The molecule has 3 rings (SSSR count). The zero-order valence-corrected chi connectivity index (χ0v) is 14.5. The van der Waals surface area contributed by atoms with Gasteiger partial charge >= 0.3 is 5.97 Å². The van der Waals surface area contributed by atoms with Gasteiger partial charge in [-0.15, -0.1) is 0 Å². The topological polar surface area (TPSA) is 86.1 Å². The SMILES string of the molecule is C=C(C)C(=O)Nc1c(C(=O)OCC)cnn1-c1ccc2ccccc2n1. The van der Waals surface area contributed by atoms with Gasteiger partial charge in [-0.05, 0) is 32.0 Å². The van der Waals surface area contributed by atoms with Crippen molar-refractivity contribution in [3.63, 3.8) is 0 Å². The Kier molecular flexibility index (Phi) is 4.79. The lowest BCUT2D eigenvalue weighted by molar-refractivity contribution is -0.112. The van der Waals surface area contributed by atoms with Crippen molar-refractivity contribution in [2.45, 2.75) is 13.8 Å². The second kappa shape index (κ2) is 7.18. The number of nitrogens with zero attached hydrogens (tertiary/aromatic N) is 3. The standard InChI is InChI=1S/C19H18N4O3/c1-4-26-19(25)14-11-20-23(17(14)22-18(24)12(2)3)16-10-9-13-7-5-6-8-15(13)21-16/h5-11H,2,4H2,1,3H3,(H,22,24). The maximum absolute atomic E-state index is 12.2. The van der Waals surface area contributed by atoms with Crippen molar-refractivity contribution >= 4 is 28.6 Å². The summed E-state index contributed by atoms with van der Waals surface area (Å²) in [4.78, 5) is 28.9. The molecule has 1 amide bonds. The summed E-state index contributed by atoms with van der Waals surface area (Å²) in [5.41, 5.74) is 1.23. The Morgan fingerprint density at radius 2 is 2.00 bits per heavy atom. The van der Waals surface area contributed by atoms with Crippen LogP contribution in [0.4, 0.5) is 5.82 Å². The average molecular weight is 350 g/mol. The third-order valence-corrected chi connectivity index (χ3v) is 3.68. The third-order valence-electron chi connectivity index (χ3n) is 3.68. The van der Waals surface area contributed by atoms with E-state index in [-0.39, 0.29) is 18.0 Å². The summed E-state index contributed by atoms with van der Waals surface area (Å²) in [6, 6.07) is 11.3. The molecule has 7 nitrogen and oxygen atoms in total. The van der Waals surface area contributed by atoms with Gasteiger partial charge < -0.3 is 10.1 Å². The maximum Gasteiger partial charge on any atom is 0.343 e. The summed E-state index contributed by atoms with van der Waals surface area (Å²) < 4.78 is 6.45. The quantitative estimate of drug-likeness (QED) is 0.564. The molecule has 0 bridgehead atoms. The number of carbonyl (C=O) groups is 2. The number of anilines is 1. The molecule has 1 N–H and O–H groups in total. The molecule has 0 aliphatic rings. The Hall–Kier alpha value is -3.48. The van der Waals surface area contributed by atoms with E-state index >= 15 is 0 Å². The second-order valence-corrected chi connectivity index (χ2v) is 5.64. The number of benzene rings is 1. The summed E-state index contributed by atoms with van der Waals surface area (Å²) in [7, 11) is 0. The minimum absolute atomic E-state index is 0.149. The average Bonchev–Trinajstić information content (AvgIpc) is 3.05. The molecular weight excluding hydrogens is 332 g/mol. The summed E-state index contributed by atoms with van der Waals surface area (Å²) >= 11 is 0. The van der Waals surface area contributed by atoms with E-state index in [9.17, 15) is 9.59 Å². The Balaban J connectivity index is 2.11. The number of amides is 1. The van der Waals surface area contributed by atoms with E-state index in [1.807, 2.05) is 30.3 Å². The van der Waals surface area contributed by atoms with Crippen molar-refractivity contribution in [1.82, 2.24) is 14.8 Å². The van der Waals surface area contributed by atoms with Gasteiger partial charge in [0, 0.05) is 11.0 Å². The van der Waals surface area contributed by atoms with Crippen molar-refractivity contribution in [2.24, 2.45) is 0 Å². The van der Waals surface area contributed by atoms with Gasteiger partial charge in [-0.2, -0.15) is 9.78 Å². The molecule has 0 unspecified atom stereocenters. The first-order chi connectivity index (χ1) is 12.5. The number of ether oxygens (including phenoxy) is 1. The largest absolute Gasteiger partial charge is 0.462 e. The smallest absolute Gasteiger partial charge is 0.343 e. The van der Waals surface area contributed by atoms with Gasteiger partial charge in [0.1, 0.15) is 5.56 Å². The van der Waals surface area contributed by atoms with Crippen LogP contribution in [0.2, 0.25) is 0 Å². The first-order valence-corrected chi connectivity index (χ1v) is 8.09. The highest BCUT2D eigenvalue weighted by Crippen LogP contribution is 2.22. The van der Waals surface area contributed by atoms with Crippen LogP contribution < -0.4 is 5.32 Å². The molecule has 0 fully saturated rings. The lowest BCUT2D eigenvalue weighted by Gasteiger charge is -2.11. The van der Waals surface area contributed by atoms with Crippen LogP contribution >= 0.6 is 0 Å². The van der Waals surface area contributed by atoms with Gasteiger partial charge in [-0.1, -0.05) is 24.8 Å². The normalized spacial score (nSPS) is 10.5. The summed E-state index contributed by atoms with van der Waals surface area (Å²) in [6.45, 7) is 7.12. The van der Waals surface area contributed by atoms with Crippen LogP contribution in [0.25, 0.3) is 16.7 Å². The predicted octanol–water partition coefficient (Wildman–Crippen LogP) is 3.11. The van der Waals surface area contributed by atoms with E-state index in [4.69, 9.17) is 4.74 Å². The van der Waals surface area contributed by atoms with Gasteiger partial charge in [0.15, 0.2) is 11.6 Å². The van der Waals surface area contributed by atoms with Crippen LogP contribution in [0.15, 0.2) is 54.7 Å². The Morgan fingerprint density at radius 1 is 1.23 bits per heavy atom. The lowest BCUT2D eigenvalue weighted by atomic mass is 10.2. The van der Waals surface area contributed by atoms with Crippen molar-refractivity contribution in [3.8, 4) is 5.82 Å². The van der Waals surface area contributed by atoms with Crippen LogP contribution in [0, 0.1) is 0 Å². The predicted molar refractivity (Wildman–Crippen MR) is 98.3 cm³/mol. The third kappa shape index (κ3) is 3.32. The molecule has 0 radical (unpaired) electrons. The Bertz CT molecular complexity index is 1010. The molecule has 3 aromatic rings. The van der Waals surface area contributed by atoms with Crippen LogP contribution in [-0.2, 0) is 9.53 Å². The highest BCUT2D eigenvalue weighted by molar-refractivity contribution is 6.06. The first-order valence-electron chi connectivity index (χ1n) is 8.09. The fourth-order valence-corrected chi connectivity index (χ4v) is 2.39. The van der Waals surface area contributed by atoms with E-state index in [2.05, 4.69) is 22.0 Å². The maximum atomic E-state index is 12.2. The Labute approximate surface area is 150 Å². The van der Waals surface area contributed by atoms with Gasteiger partial charge in [-0.3, -0.25) is 4.79 Å². The number of esters is 1. The lowest BCUT2D eigenvalue weighted by Crippen LogP contribution is -2.18. The molecule has 7 heteroatoms. The van der Waals surface area contributed by atoms with Crippen LogP contribution in [0.3, 0.4) is 0 Å². The van der Waals surface area contributed by atoms with Crippen LogP contribution in [-0.4, -0.2) is 33.2 Å². The van der Waals surface area contributed by atoms with Crippen LogP contribution in [0.5, 0.6) is 0 Å². The monoisotopic (exact) mass is 350 g/mol. The zero-order valence-electron chi connectivity index (χ0n) is 14.5. The number of carbonyl (C=O) groups excluding carboxylic acids is 2. The number of hydrogen-bond acceptors (Lipinski definition) is 5. The molecule has 0 aliphatic carbocycles. The van der Waals surface area contributed by atoms with Gasteiger partial charge in [0.25, 0.3) is 5.91 Å². The van der Waals surface area contributed by atoms with E-state index in [1.165, 1.54) is 10.9 Å². The molecule has 2 heterocycles. The number of pyridine rings is 1. The molecule has 0 atom stereocenters. The number of aromatic nitrogens is 3. The first kappa shape index (κ1) is 17.3. The second-order valence-electron chi connectivity index (χ2n) is 5.64. The number of para-hydroxylation sites is 1. The van der Waals surface area contributed by atoms with E-state index in [0.717, 1.165) is 10.9 Å². The molecule has 26 heavy (non-hydrogen) atoms. The number of nitrogens with one attached hydrogen (secondary N) is 1. The molecule has 0 saturated carbocycles. The van der Waals surface area contributed by atoms with Crippen molar-refractivity contribution < 1.29 is 14.3 Å². The highest BCUT2D eigenvalue weighted by Gasteiger charge is 2.22. The van der Waals surface area contributed by atoms with Gasteiger partial charge in [-0.25, -0.2) is 9.78 Å². The molecular formula is C19H18N4O3. The number of hydrogen-bond donors (Lipinski definition) is 1. The summed E-state index contributed by atoms with van der Waals surface area (Å²) in [5, 5.41) is 7.86. The fourth-order valence-electron chi connectivity index (χ4n) is 2.39. The molecule has 132 valence electrons. The number of rotatable bonds is 5. The summed E-state index contributed by atoms with van der Waals surface area (Å²) in [5.74, 6) is -0.329. The van der Waals surface area contributed by atoms with Crippen molar-refractivity contribution in [1.29, 1.82) is 0 Å². The minimum Gasteiger partial charge on any atom is -0.462 e. The van der Waals surface area contributed by atoms with Crippen molar-refractivity contribution in [2.75, 3.05) is 11.9 Å². The fraction of sp³-hybridized carbons (Fsp3) is 0.158. The minimum atomic E-state index is -0.573. The van der Waals surface area contributed by atoms with E-state index in [1.54, 1.807) is 19.9 Å². The molecule has 0 spiro atoms. The van der Waals surface area contributed by atoms with E-state index < -0.39 is 11.9 Å². The Morgan fingerprint density at radius 3 is 2.73 bits per heavy atom. The molecule has 0 saturated heterocycles. The summed E-state index contributed by atoms with van der Waals surface area (Å²) in [6.07, 6.45) is 1.35. The van der Waals surface area contributed by atoms with Gasteiger partial charge in [0.2, 0.25) is 0 Å². The molecule has 0 aliphatic heterocycles. The zero-order chi connectivity index (χ0) is 18.7. The van der Waals surface area contributed by atoms with E-state index in [0.29, 0.717) is 11.4 Å². The van der Waals surface area contributed by atoms with Crippen molar-refractivity contribution in [3.05, 3.63) is 60.3 Å². The van der Waals surface area contributed by atoms with Gasteiger partial charge in [0.05, 0.1) is 18.3 Å². The molecule has 2 aromatic heterocycles. The van der Waals surface area contributed by atoms with Crippen LogP contribution in [0.1, 0.15) is 24.2 Å².